The van der Waals surface area contributed by atoms with E-state index in [0.29, 0.717) is 6.42 Å². The number of hydrogen-bond acceptors (Lipinski definition) is 8. The zero-order valence-corrected chi connectivity index (χ0v) is 32.1. The monoisotopic (exact) mass is 706 g/mol. The van der Waals surface area contributed by atoms with Crippen molar-refractivity contribution in [3.05, 3.63) is 0 Å². The topological polar surface area (TPSA) is 134 Å². The Balaban J connectivity index is 4.09. The summed E-state index contributed by atoms with van der Waals surface area (Å²) in [5.41, 5.74) is 5.33. The molecule has 0 spiro atoms. The minimum Gasteiger partial charge on any atom is -0.462 e. The summed E-state index contributed by atoms with van der Waals surface area (Å²) in [5, 5.41) is 0. The van der Waals surface area contributed by atoms with Crippen molar-refractivity contribution in [1.29, 1.82) is 0 Å². The smallest absolute Gasteiger partial charge is 0.462 e. The fraction of sp³-hybridized carbons (Fsp3) is 0.947. The van der Waals surface area contributed by atoms with Crippen LogP contribution >= 0.6 is 7.82 Å². The maximum Gasteiger partial charge on any atom is 0.472 e. The summed E-state index contributed by atoms with van der Waals surface area (Å²) in [5.74, 6) is -0.820. The summed E-state index contributed by atoms with van der Waals surface area (Å²) in [6, 6.07) is 0. The number of phosphoric acid groups is 1. The summed E-state index contributed by atoms with van der Waals surface area (Å²) in [6.07, 6.45) is 32.8. The van der Waals surface area contributed by atoms with Crippen molar-refractivity contribution in [2.24, 2.45) is 5.73 Å². The maximum absolute atomic E-state index is 12.5. The predicted molar refractivity (Wildman–Crippen MR) is 197 cm³/mol. The molecule has 0 saturated carbocycles. The lowest BCUT2D eigenvalue weighted by Gasteiger charge is -2.19. The van der Waals surface area contributed by atoms with E-state index in [-0.39, 0.29) is 38.6 Å². The van der Waals surface area contributed by atoms with Crippen molar-refractivity contribution >= 4 is 19.8 Å². The van der Waals surface area contributed by atoms with Crippen LogP contribution in [-0.4, -0.2) is 49.3 Å². The van der Waals surface area contributed by atoms with Gasteiger partial charge >= 0.3 is 19.8 Å². The largest absolute Gasteiger partial charge is 0.472 e. The van der Waals surface area contributed by atoms with E-state index >= 15 is 0 Å². The van der Waals surface area contributed by atoms with Gasteiger partial charge in [0, 0.05) is 19.4 Å². The summed E-state index contributed by atoms with van der Waals surface area (Å²) in [6.45, 7) is 3.73. The minimum absolute atomic E-state index is 0.0577. The van der Waals surface area contributed by atoms with Crippen LogP contribution < -0.4 is 5.73 Å². The zero-order valence-electron chi connectivity index (χ0n) is 31.2. The van der Waals surface area contributed by atoms with E-state index in [4.69, 9.17) is 24.3 Å². The molecule has 0 aliphatic rings. The third-order valence-corrected chi connectivity index (χ3v) is 9.73. The number of ether oxygens (including phenoxy) is 2. The molecule has 0 rings (SSSR count). The van der Waals surface area contributed by atoms with Crippen LogP contribution in [0.1, 0.15) is 200 Å². The fourth-order valence-electron chi connectivity index (χ4n) is 5.75. The molecule has 0 bridgehead atoms. The molecular formula is C38H76NO8P. The molecule has 10 heteroatoms. The first-order chi connectivity index (χ1) is 23.3. The fourth-order valence-corrected chi connectivity index (χ4v) is 6.52. The van der Waals surface area contributed by atoms with Gasteiger partial charge in [0.1, 0.15) is 6.61 Å². The number of hydrogen-bond donors (Lipinski definition) is 2. The summed E-state index contributed by atoms with van der Waals surface area (Å²) in [7, 11) is -4.36. The molecule has 0 aromatic heterocycles. The Hall–Kier alpha value is -0.990. The van der Waals surface area contributed by atoms with Crippen LogP contribution in [0.4, 0.5) is 0 Å². The Bertz CT molecular complexity index is 769. The Kier molecular flexibility index (Phi) is 35.1. The molecule has 0 aliphatic heterocycles. The minimum atomic E-state index is -4.36. The first-order valence-corrected chi connectivity index (χ1v) is 21.5. The van der Waals surface area contributed by atoms with Crippen LogP contribution in [-0.2, 0) is 32.7 Å². The molecule has 0 saturated heterocycles. The van der Waals surface area contributed by atoms with Crippen molar-refractivity contribution in [3.63, 3.8) is 0 Å². The molecule has 0 heterocycles. The molecule has 0 aliphatic carbocycles. The van der Waals surface area contributed by atoms with Gasteiger partial charge < -0.3 is 20.1 Å². The van der Waals surface area contributed by atoms with E-state index in [1.54, 1.807) is 0 Å². The Morgan fingerprint density at radius 3 is 1.27 bits per heavy atom. The van der Waals surface area contributed by atoms with Crippen LogP contribution in [0.5, 0.6) is 0 Å². The number of esters is 2. The first kappa shape index (κ1) is 47.0. The number of phosphoric ester groups is 1. The van der Waals surface area contributed by atoms with Gasteiger partial charge in [-0.3, -0.25) is 18.6 Å². The van der Waals surface area contributed by atoms with E-state index in [2.05, 4.69) is 13.8 Å². The lowest BCUT2D eigenvalue weighted by molar-refractivity contribution is -0.161. The van der Waals surface area contributed by atoms with Gasteiger partial charge in [0.15, 0.2) is 6.10 Å². The van der Waals surface area contributed by atoms with Crippen molar-refractivity contribution in [1.82, 2.24) is 0 Å². The number of carbonyl (C=O) groups excluding carboxylic acids is 2. The molecule has 0 fully saturated rings. The molecular weight excluding hydrogens is 629 g/mol. The lowest BCUT2D eigenvalue weighted by atomic mass is 10.0. The Morgan fingerprint density at radius 1 is 0.542 bits per heavy atom. The molecule has 0 radical (unpaired) electrons. The zero-order chi connectivity index (χ0) is 35.4. The van der Waals surface area contributed by atoms with Crippen molar-refractivity contribution in [2.75, 3.05) is 26.4 Å². The number of rotatable bonds is 38. The van der Waals surface area contributed by atoms with Gasteiger partial charge in [-0.25, -0.2) is 4.57 Å². The second kappa shape index (κ2) is 35.8. The van der Waals surface area contributed by atoms with E-state index in [0.717, 1.165) is 32.1 Å². The molecule has 1 unspecified atom stereocenters. The van der Waals surface area contributed by atoms with Gasteiger partial charge in [0.25, 0.3) is 0 Å². The van der Waals surface area contributed by atoms with E-state index in [1.807, 2.05) is 0 Å². The Morgan fingerprint density at radius 2 is 0.896 bits per heavy atom. The van der Waals surface area contributed by atoms with Crippen molar-refractivity contribution in [2.45, 2.75) is 206 Å². The van der Waals surface area contributed by atoms with Gasteiger partial charge in [0.2, 0.25) is 0 Å². The first-order valence-electron chi connectivity index (χ1n) is 20.0. The average molecular weight is 706 g/mol. The molecule has 0 aromatic rings. The molecule has 0 amide bonds. The third-order valence-electron chi connectivity index (χ3n) is 8.74. The summed E-state index contributed by atoms with van der Waals surface area (Å²) < 4.78 is 32.6. The van der Waals surface area contributed by atoms with Crippen LogP contribution in [0.3, 0.4) is 0 Å². The highest BCUT2D eigenvalue weighted by atomic mass is 31.2. The van der Waals surface area contributed by atoms with E-state index in [1.165, 1.54) is 135 Å². The van der Waals surface area contributed by atoms with Gasteiger partial charge in [0.05, 0.1) is 13.2 Å². The highest BCUT2D eigenvalue weighted by Crippen LogP contribution is 2.43. The van der Waals surface area contributed by atoms with Crippen LogP contribution in [0, 0.1) is 0 Å². The predicted octanol–water partition coefficient (Wildman–Crippen LogP) is 10.9. The highest BCUT2D eigenvalue weighted by Gasteiger charge is 2.26. The van der Waals surface area contributed by atoms with Crippen LogP contribution in [0.25, 0.3) is 0 Å². The van der Waals surface area contributed by atoms with Crippen LogP contribution in [0.2, 0.25) is 0 Å². The normalized spacial score (nSPS) is 13.3. The summed E-state index contributed by atoms with van der Waals surface area (Å²) >= 11 is 0. The molecule has 48 heavy (non-hydrogen) atoms. The maximum atomic E-state index is 12.5. The van der Waals surface area contributed by atoms with Crippen molar-refractivity contribution in [3.8, 4) is 0 Å². The average Bonchev–Trinajstić information content (AvgIpc) is 3.07. The van der Waals surface area contributed by atoms with Gasteiger partial charge in [-0.15, -0.1) is 0 Å². The second-order valence-corrected chi connectivity index (χ2v) is 15.0. The standard InChI is InChI=1S/C38H76NO8P/c1-3-5-7-9-11-13-14-15-16-17-18-19-20-21-23-25-27-29-31-38(41)47-36(35-46-48(42,43)45-33-32-39)34-44-37(40)30-28-26-24-22-12-10-8-6-4-2/h36H,3-35,39H2,1-2H3,(H,42,43)/t36-/m1/s1. The van der Waals surface area contributed by atoms with E-state index in [9.17, 15) is 19.0 Å². The van der Waals surface area contributed by atoms with Gasteiger partial charge in [-0.1, -0.05) is 174 Å². The molecule has 9 nitrogen and oxygen atoms in total. The third kappa shape index (κ3) is 34.9. The molecule has 286 valence electrons. The number of unbranched alkanes of at least 4 members (excludes halogenated alkanes) is 25. The van der Waals surface area contributed by atoms with Crippen molar-refractivity contribution < 1.29 is 37.6 Å². The summed E-state index contributed by atoms with van der Waals surface area (Å²) in [4.78, 5) is 34.6. The molecule has 2 atom stereocenters. The Labute approximate surface area is 295 Å². The van der Waals surface area contributed by atoms with Gasteiger partial charge in [-0.05, 0) is 12.8 Å². The second-order valence-electron chi connectivity index (χ2n) is 13.5. The quantitative estimate of drug-likeness (QED) is 0.0365. The molecule has 0 aromatic carbocycles. The van der Waals surface area contributed by atoms with Gasteiger partial charge in [-0.2, -0.15) is 0 Å². The lowest BCUT2D eigenvalue weighted by Crippen LogP contribution is -2.29. The van der Waals surface area contributed by atoms with E-state index < -0.39 is 26.5 Å². The molecule has 3 N–H and O–H groups in total. The van der Waals surface area contributed by atoms with Crippen LogP contribution in [0.15, 0.2) is 0 Å². The SMILES string of the molecule is CCCCCCCCCCCCCCCCCCCCC(=O)O[C@H](COC(=O)CCCCCCCCCCC)COP(=O)(O)OCCN. The number of carbonyl (C=O) groups is 2. The number of nitrogens with two attached hydrogens (primary N) is 1. The highest BCUT2D eigenvalue weighted by molar-refractivity contribution is 7.47.